The van der Waals surface area contributed by atoms with Crippen LogP contribution in [0.25, 0.3) is 0 Å². The molecule has 0 bridgehead atoms. The molecular weight excluding hydrogens is 612 g/mol. The van der Waals surface area contributed by atoms with Crippen molar-refractivity contribution >= 4 is 90.4 Å². The van der Waals surface area contributed by atoms with Gasteiger partial charge in [0.05, 0.1) is 0 Å². The van der Waals surface area contributed by atoms with Crippen molar-refractivity contribution in [3.05, 3.63) is 0 Å². The van der Waals surface area contributed by atoms with E-state index in [1.54, 1.807) is 0 Å². The minimum absolute atomic E-state index is 0.0988. The summed E-state index contributed by atoms with van der Waals surface area (Å²) in [5, 5.41) is 0. The molecule has 74 valence electrons. The zero-order valence-electron chi connectivity index (χ0n) is 6.47. The molecule has 0 spiro atoms. The van der Waals surface area contributed by atoms with Crippen LogP contribution < -0.4 is 0 Å². The lowest BCUT2D eigenvalue weighted by atomic mass is 10.7. The Balaban J connectivity index is 3.51. The molecule has 2 atom stereocenters. The van der Waals surface area contributed by atoms with Crippen LogP contribution in [0.2, 0.25) is 0 Å². The molecular formula is C6H10I4O2. The van der Waals surface area contributed by atoms with Crippen LogP contribution in [0.5, 0.6) is 0 Å². The molecule has 0 aliphatic heterocycles. The highest BCUT2D eigenvalue weighted by Crippen LogP contribution is 2.15. The van der Waals surface area contributed by atoms with Crippen molar-refractivity contribution in [1.29, 1.82) is 0 Å². The Morgan fingerprint density at radius 3 is 1.58 bits per heavy atom. The maximum atomic E-state index is 5.52. The van der Waals surface area contributed by atoms with Crippen LogP contribution in [0.15, 0.2) is 0 Å². The molecule has 0 aromatic heterocycles. The van der Waals surface area contributed by atoms with Crippen LogP contribution in [0.4, 0.5) is 0 Å². The fourth-order valence-electron chi connectivity index (χ4n) is 0.521. The summed E-state index contributed by atoms with van der Waals surface area (Å²) < 4.78 is 13.5. The van der Waals surface area contributed by atoms with Crippen molar-refractivity contribution in [1.82, 2.24) is 0 Å². The van der Waals surface area contributed by atoms with E-state index in [0.29, 0.717) is 0 Å². The molecule has 0 N–H and O–H groups in total. The second-order valence-corrected chi connectivity index (χ2v) is 6.51. The highest BCUT2D eigenvalue weighted by molar-refractivity contribution is 14.1. The summed E-state index contributed by atoms with van der Waals surface area (Å²) >= 11 is 9.13. The SMILES string of the molecule is CC(OC(I)CI)OC(I)CI. The van der Waals surface area contributed by atoms with Crippen LogP contribution >= 0.6 is 90.4 Å². The third-order valence-electron chi connectivity index (χ3n) is 0.921. The van der Waals surface area contributed by atoms with Crippen molar-refractivity contribution in [3.63, 3.8) is 0 Å². The third kappa shape index (κ3) is 8.17. The van der Waals surface area contributed by atoms with E-state index in [-0.39, 0.29) is 14.5 Å². The fraction of sp³-hybridized carbons (Fsp3) is 1.00. The first-order valence-corrected chi connectivity index (χ1v) is 8.85. The Hall–Kier alpha value is 2.84. The number of rotatable bonds is 6. The summed E-state index contributed by atoms with van der Waals surface area (Å²) in [4.78, 5) is 0. The van der Waals surface area contributed by atoms with Gasteiger partial charge in [-0.2, -0.15) is 0 Å². The Kier molecular flexibility index (Phi) is 11.2. The number of ether oxygens (including phenoxy) is 2. The van der Waals surface area contributed by atoms with Gasteiger partial charge in [0.1, 0.15) is 8.22 Å². The van der Waals surface area contributed by atoms with E-state index in [9.17, 15) is 0 Å². The molecule has 0 heterocycles. The van der Waals surface area contributed by atoms with Crippen LogP contribution in [-0.2, 0) is 9.47 Å². The van der Waals surface area contributed by atoms with E-state index in [1.165, 1.54) is 0 Å². The van der Waals surface area contributed by atoms with Gasteiger partial charge in [0.25, 0.3) is 0 Å². The van der Waals surface area contributed by atoms with Gasteiger partial charge in [-0.3, -0.25) is 0 Å². The lowest BCUT2D eigenvalue weighted by Gasteiger charge is -2.19. The van der Waals surface area contributed by atoms with Gasteiger partial charge in [-0.1, -0.05) is 90.4 Å². The van der Waals surface area contributed by atoms with Crippen molar-refractivity contribution in [2.45, 2.75) is 21.4 Å². The molecule has 6 heteroatoms. The molecule has 0 aliphatic rings. The summed E-state index contributed by atoms with van der Waals surface area (Å²) in [5.74, 6) is 0. The average Bonchev–Trinajstić information content (AvgIpc) is 2.03. The number of hydrogen-bond donors (Lipinski definition) is 0. The van der Waals surface area contributed by atoms with Gasteiger partial charge in [-0.15, -0.1) is 0 Å². The lowest BCUT2D eigenvalue weighted by Crippen LogP contribution is -2.22. The van der Waals surface area contributed by atoms with Gasteiger partial charge in [-0.05, 0) is 6.92 Å². The fourth-order valence-corrected chi connectivity index (χ4v) is 1.76. The quantitative estimate of drug-likeness (QED) is 0.256. The van der Waals surface area contributed by atoms with Crippen LogP contribution in [0, 0.1) is 0 Å². The zero-order chi connectivity index (χ0) is 9.56. The highest BCUT2D eigenvalue weighted by Gasteiger charge is 2.12. The van der Waals surface area contributed by atoms with E-state index in [4.69, 9.17) is 9.47 Å². The Bertz CT molecular complexity index is 102. The summed E-state index contributed by atoms with van der Waals surface area (Å²) in [6.45, 7) is 1.94. The van der Waals surface area contributed by atoms with E-state index < -0.39 is 0 Å². The molecule has 12 heavy (non-hydrogen) atoms. The van der Waals surface area contributed by atoms with E-state index >= 15 is 0 Å². The number of halogens is 4. The van der Waals surface area contributed by atoms with Gasteiger partial charge >= 0.3 is 0 Å². The Labute approximate surface area is 128 Å². The summed E-state index contributed by atoms with van der Waals surface area (Å²) in [7, 11) is 0. The van der Waals surface area contributed by atoms with Crippen molar-refractivity contribution in [3.8, 4) is 0 Å². The predicted molar refractivity (Wildman–Crippen MR) is 85.0 cm³/mol. The topological polar surface area (TPSA) is 18.5 Å². The van der Waals surface area contributed by atoms with Gasteiger partial charge in [-0.25, -0.2) is 0 Å². The van der Waals surface area contributed by atoms with Gasteiger partial charge < -0.3 is 9.47 Å². The second kappa shape index (κ2) is 9.09. The highest BCUT2D eigenvalue weighted by atomic mass is 127. The minimum Gasteiger partial charge on any atom is -0.339 e. The Morgan fingerprint density at radius 2 is 1.33 bits per heavy atom. The third-order valence-corrected chi connectivity index (χ3v) is 7.36. The molecule has 0 aromatic carbocycles. The molecule has 0 saturated heterocycles. The molecule has 2 unspecified atom stereocenters. The van der Waals surface area contributed by atoms with Crippen LogP contribution in [-0.4, -0.2) is 23.4 Å². The summed E-state index contributed by atoms with van der Waals surface area (Å²) in [6.07, 6.45) is -0.0988. The number of hydrogen-bond acceptors (Lipinski definition) is 2. The molecule has 0 fully saturated rings. The average molecular weight is 622 g/mol. The van der Waals surface area contributed by atoms with Crippen molar-refractivity contribution in [2.75, 3.05) is 8.86 Å². The zero-order valence-corrected chi connectivity index (χ0v) is 15.1. The molecule has 0 radical (unpaired) electrons. The smallest absolute Gasteiger partial charge is 0.157 e. The van der Waals surface area contributed by atoms with E-state index in [0.717, 1.165) is 8.86 Å². The summed E-state index contributed by atoms with van der Waals surface area (Å²) in [6, 6.07) is 0. The van der Waals surface area contributed by atoms with Gasteiger partial charge in [0.15, 0.2) is 6.29 Å². The van der Waals surface area contributed by atoms with Crippen LogP contribution in [0.1, 0.15) is 6.92 Å². The van der Waals surface area contributed by atoms with Crippen LogP contribution in [0.3, 0.4) is 0 Å². The van der Waals surface area contributed by atoms with Gasteiger partial charge in [0, 0.05) is 8.86 Å². The van der Waals surface area contributed by atoms with Gasteiger partial charge in [0.2, 0.25) is 0 Å². The Morgan fingerprint density at radius 1 is 1.00 bits per heavy atom. The molecule has 0 rings (SSSR count). The lowest BCUT2D eigenvalue weighted by molar-refractivity contribution is -0.130. The first-order valence-electron chi connectivity index (χ1n) is 3.31. The maximum Gasteiger partial charge on any atom is 0.157 e. The summed E-state index contributed by atoms with van der Waals surface area (Å²) in [5.41, 5.74) is 0. The molecule has 2 nitrogen and oxygen atoms in total. The predicted octanol–water partition coefficient (Wildman–Crippen LogP) is 3.76. The monoisotopic (exact) mass is 622 g/mol. The maximum absolute atomic E-state index is 5.52. The molecule has 0 amide bonds. The minimum atomic E-state index is -0.0988. The first kappa shape index (κ1) is 14.8. The van der Waals surface area contributed by atoms with E-state index in [2.05, 4.69) is 90.4 Å². The number of alkyl halides is 4. The molecule has 0 saturated carbocycles. The second-order valence-electron chi connectivity index (χ2n) is 1.97. The van der Waals surface area contributed by atoms with Crippen molar-refractivity contribution in [2.24, 2.45) is 0 Å². The van der Waals surface area contributed by atoms with Crippen molar-refractivity contribution < 1.29 is 9.47 Å². The standard InChI is InChI=1S/C6H10I4O2/c1-4(11-5(9)2-7)12-6(10)3-8/h4-6H,2-3H2,1H3. The first-order chi connectivity index (χ1) is 5.60. The largest absolute Gasteiger partial charge is 0.339 e. The van der Waals surface area contributed by atoms with E-state index in [1.807, 2.05) is 6.92 Å². The molecule has 0 aromatic rings. The normalized spacial score (nSPS) is 18.8. The molecule has 0 aliphatic carbocycles.